The maximum Gasteiger partial charge on any atom is 0.305 e. The summed E-state index contributed by atoms with van der Waals surface area (Å²) in [4.78, 5) is 24.6. The Bertz CT molecular complexity index is 1110. The third kappa shape index (κ3) is 59.8. The molecule has 74 heavy (non-hydrogen) atoms. The smallest absolute Gasteiger partial charge is 0.305 e. The lowest BCUT2D eigenvalue weighted by atomic mass is 10.0. The summed E-state index contributed by atoms with van der Waals surface area (Å²) in [6.45, 7) is 4.97. The number of hydrogen-bond donors (Lipinski definition) is 3. The molecule has 0 bridgehead atoms. The Morgan fingerprint density at radius 3 is 0.973 bits per heavy atom. The van der Waals surface area contributed by atoms with Crippen LogP contribution in [0.3, 0.4) is 0 Å². The van der Waals surface area contributed by atoms with Gasteiger partial charge in [-0.05, 0) is 51.4 Å². The number of rotatable bonds is 64. The fourth-order valence-corrected chi connectivity index (χ4v) is 10.9. The number of ether oxygens (including phenoxy) is 1. The van der Waals surface area contributed by atoms with Crippen molar-refractivity contribution in [1.29, 1.82) is 0 Å². The molecule has 0 rings (SSSR count). The van der Waals surface area contributed by atoms with Gasteiger partial charge in [0.2, 0.25) is 5.91 Å². The normalized spacial score (nSPS) is 12.5. The van der Waals surface area contributed by atoms with Crippen LogP contribution in [0, 0.1) is 0 Å². The highest BCUT2D eigenvalue weighted by atomic mass is 16.5. The lowest BCUT2D eigenvalue weighted by molar-refractivity contribution is -0.143. The molecule has 0 spiro atoms. The van der Waals surface area contributed by atoms with Crippen molar-refractivity contribution < 1.29 is 24.5 Å². The molecule has 0 aromatic carbocycles. The summed E-state index contributed by atoms with van der Waals surface area (Å²) >= 11 is 0. The van der Waals surface area contributed by atoms with Crippen LogP contribution in [0.5, 0.6) is 0 Å². The van der Waals surface area contributed by atoms with Crippen LogP contribution in [0.15, 0.2) is 12.2 Å². The summed E-state index contributed by atoms with van der Waals surface area (Å²) in [6.07, 6.45) is 78.1. The number of aliphatic hydroxyl groups excluding tert-OH is 2. The Labute approximate surface area is 463 Å². The van der Waals surface area contributed by atoms with E-state index in [9.17, 15) is 19.8 Å². The summed E-state index contributed by atoms with van der Waals surface area (Å²) in [5, 5.41) is 23.4. The predicted molar refractivity (Wildman–Crippen MR) is 324 cm³/mol. The van der Waals surface area contributed by atoms with Gasteiger partial charge in [0.05, 0.1) is 25.4 Å². The highest BCUT2D eigenvalue weighted by Gasteiger charge is 2.20. The van der Waals surface area contributed by atoms with Gasteiger partial charge in [-0.2, -0.15) is 0 Å². The maximum atomic E-state index is 12.5. The Kier molecular flexibility index (Phi) is 62.9. The first-order valence-electron chi connectivity index (χ1n) is 33.9. The van der Waals surface area contributed by atoms with Crippen LogP contribution in [0.4, 0.5) is 0 Å². The first-order valence-corrected chi connectivity index (χ1v) is 33.9. The van der Waals surface area contributed by atoms with Crippen LogP contribution in [0.1, 0.15) is 386 Å². The molecule has 1 amide bonds. The van der Waals surface area contributed by atoms with E-state index in [1.165, 1.54) is 308 Å². The summed E-state index contributed by atoms with van der Waals surface area (Å²) in [7, 11) is 0. The van der Waals surface area contributed by atoms with Gasteiger partial charge in [-0.15, -0.1) is 0 Å². The number of nitrogens with one attached hydrogen (secondary N) is 1. The molecule has 0 aliphatic carbocycles. The monoisotopic (exact) mass is 1040 g/mol. The van der Waals surface area contributed by atoms with E-state index in [1.54, 1.807) is 0 Å². The SMILES string of the molecule is CCCCCC/C=C\CCCCCCCC(=O)OCCCCCCCCCCCCCCCCCCCCCCCCC(=O)NC(CO)C(O)CCCCCCCCCCCCCCCCCCCCCCCC. The molecule has 0 radical (unpaired) electrons. The number of amides is 1. The highest BCUT2D eigenvalue weighted by molar-refractivity contribution is 5.76. The number of esters is 1. The van der Waals surface area contributed by atoms with Crippen LogP contribution in [-0.2, 0) is 14.3 Å². The van der Waals surface area contributed by atoms with E-state index in [1.807, 2.05) is 0 Å². The van der Waals surface area contributed by atoms with E-state index in [0.29, 0.717) is 25.9 Å². The fraction of sp³-hybridized carbons (Fsp3) is 0.941. The van der Waals surface area contributed by atoms with Crippen molar-refractivity contribution in [2.45, 2.75) is 398 Å². The number of allylic oxidation sites excluding steroid dienone is 2. The molecule has 2 atom stereocenters. The average Bonchev–Trinajstić information content (AvgIpc) is 3.40. The van der Waals surface area contributed by atoms with Crippen molar-refractivity contribution >= 4 is 11.9 Å². The number of carbonyl (C=O) groups excluding carboxylic acids is 2. The first-order chi connectivity index (χ1) is 36.5. The van der Waals surface area contributed by atoms with Gasteiger partial charge in [0.15, 0.2) is 0 Å². The Hall–Kier alpha value is -1.40. The van der Waals surface area contributed by atoms with Crippen molar-refractivity contribution in [3.63, 3.8) is 0 Å². The third-order valence-electron chi connectivity index (χ3n) is 16.1. The minimum Gasteiger partial charge on any atom is -0.466 e. The zero-order chi connectivity index (χ0) is 53.6. The molecule has 6 nitrogen and oxygen atoms in total. The molecule has 440 valence electrons. The molecule has 0 aromatic rings. The molecule has 0 aromatic heterocycles. The molecular weight excluding hydrogens is 911 g/mol. The second-order valence-corrected chi connectivity index (χ2v) is 23.5. The molecule has 3 N–H and O–H groups in total. The van der Waals surface area contributed by atoms with Crippen molar-refractivity contribution in [3.05, 3.63) is 12.2 Å². The van der Waals surface area contributed by atoms with Crippen molar-refractivity contribution in [3.8, 4) is 0 Å². The number of unbranched alkanes of at least 4 members (excludes halogenated alkanes) is 51. The van der Waals surface area contributed by atoms with Gasteiger partial charge < -0.3 is 20.3 Å². The van der Waals surface area contributed by atoms with E-state index >= 15 is 0 Å². The van der Waals surface area contributed by atoms with Crippen LogP contribution >= 0.6 is 0 Å². The standard InChI is InChI=1S/C68H133NO5/c1-3-5-7-9-11-13-15-17-18-19-20-21-24-27-30-33-37-40-44-48-52-56-60-66(71)65(64-70)69-67(72)61-57-53-49-45-41-38-34-31-28-25-22-23-26-29-32-35-39-43-47-51-55-59-63-74-68(73)62-58-54-50-46-42-36-16-14-12-10-8-6-4-2/h14,16,65-66,70-71H,3-13,15,17-64H2,1-2H3,(H,69,72)/b16-14-. The second kappa shape index (κ2) is 64.1. The number of aliphatic hydroxyl groups is 2. The van der Waals surface area contributed by atoms with E-state index in [0.717, 1.165) is 44.9 Å². The van der Waals surface area contributed by atoms with E-state index in [4.69, 9.17) is 4.74 Å². The predicted octanol–water partition coefficient (Wildman–Crippen LogP) is 21.6. The summed E-state index contributed by atoms with van der Waals surface area (Å²) < 4.78 is 5.48. The van der Waals surface area contributed by atoms with Gasteiger partial charge in [0.25, 0.3) is 0 Å². The maximum absolute atomic E-state index is 12.5. The largest absolute Gasteiger partial charge is 0.466 e. The van der Waals surface area contributed by atoms with Gasteiger partial charge in [-0.25, -0.2) is 0 Å². The molecule has 0 aliphatic rings. The molecule has 0 saturated carbocycles. The second-order valence-electron chi connectivity index (χ2n) is 23.5. The lowest BCUT2D eigenvalue weighted by Crippen LogP contribution is -2.45. The molecule has 2 unspecified atom stereocenters. The van der Waals surface area contributed by atoms with Crippen LogP contribution in [0.25, 0.3) is 0 Å². The summed E-state index contributed by atoms with van der Waals surface area (Å²) in [6, 6.07) is -0.542. The van der Waals surface area contributed by atoms with Gasteiger partial charge in [0.1, 0.15) is 0 Å². The fourth-order valence-electron chi connectivity index (χ4n) is 10.9. The third-order valence-corrected chi connectivity index (χ3v) is 16.1. The topological polar surface area (TPSA) is 95.9 Å². The molecule has 6 heteroatoms. The Morgan fingerprint density at radius 1 is 0.365 bits per heavy atom. The van der Waals surface area contributed by atoms with Gasteiger partial charge in [0, 0.05) is 12.8 Å². The van der Waals surface area contributed by atoms with Gasteiger partial charge in [-0.1, -0.05) is 334 Å². The first kappa shape index (κ1) is 72.6. The number of hydrogen-bond acceptors (Lipinski definition) is 5. The summed E-state index contributed by atoms with van der Waals surface area (Å²) in [5.41, 5.74) is 0. The van der Waals surface area contributed by atoms with E-state index in [2.05, 4.69) is 31.3 Å². The van der Waals surface area contributed by atoms with Crippen molar-refractivity contribution in [2.75, 3.05) is 13.2 Å². The van der Waals surface area contributed by atoms with E-state index < -0.39 is 12.1 Å². The Balaban J connectivity index is 3.38. The zero-order valence-electron chi connectivity index (χ0n) is 50.4. The molecule has 0 saturated heterocycles. The lowest BCUT2D eigenvalue weighted by Gasteiger charge is -2.22. The molecule has 0 aliphatic heterocycles. The quantitative estimate of drug-likeness (QED) is 0.0320. The average molecular weight is 1040 g/mol. The Morgan fingerprint density at radius 2 is 0.635 bits per heavy atom. The van der Waals surface area contributed by atoms with Gasteiger partial charge >= 0.3 is 5.97 Å². The minimum atomic E-state index is -0.665. The minimum absolute atomic E-state index is 0.00510. The summed E-state index contributed by atoms with van der Waals surface area (Å²) in [5.74, 6) is -0.0254. The van der Waals surface area contributed by atoms with E-state index in [-0.39, 0.29) is 18.5 Å². The zero-order valence-corrected chi connectivity index (χ0v) is 50.4. The number of carbonyl (C=O) groups is 2. The molecule has 0 heterocycles. The molecular formula is C68H133NO5. The van der Waals surface area contributed by atoms with Gasteiger partial charge in [-0.3, -0.25) is 9.59 Å². The van der Waals surface area contributed by atoms with Crippen molar-refractivity contribution in [1.82, 2.24) is 5.32 Å². The molecule has 0 fully saturated rings. The highest BCUT2D eigenvalue weighted by Crippen LogP contribution is 2.19. The van der Waals surface area contributed by atoms with Crippen molar-refractivity contribution in [2.24, 2.45) is 0 Å². The van der Waals surface area contributed by atoms with Crippen LogP contribution in [-0.4, -0.2) is 47.4 Å². The van der Waals surface area contributed by atoms with Crippen LogP contribution in [0.2, 0.25) is 0 Å². The van der Waals surface area contributed by atoms with Crippen LogP contribution < -0.4 is 5.32 Å².